The maximum Gasteiger partial charge on any atom is 0.407 e. The summed E-state index contributed by atoms with van der Waals surface area (Å²) in [5.74, 6) is -0.385. The van der Waals surface area contributed by atoms with E-state index in [1.807, 2.05) is 6.07 Å². The average Bonchev–Trinajstić information content (AvgIpc) is 2.79. The minimum atomic E-state index is -0.972. The Morgan fingerprint density at radius 1 is 1.56 bits per heavy atom. The predicted molar refractivity (Wildman–Crippen MR) is 61.4 cm³/mol. The number of methoxy groups -OCH3 is 1. The third-order valence-corrected chi connectivity index (χ3v) is 2.70. The zero-order chi connectivity index (χ0) is 13.1. The predicted octanol–water partition coefficient (Wildman–Crippen LogP) is 0.931. The van der Waals surface area contributed by atoms with Crippen LogP contribution in [0.1, 0.15) is 11.1 Å². The molecule has 0 spiro atoms. The van der Waals surface area contributed by atoms with Gasteiger partial charge >= 0.3 is 12.1 Å². The Bertz CT molecular complexity index is 485. The number of rotatable bonds is 3. The molecule has 0 bridgehead atoms. The number of carboxylic acids is 1. The van der Waals surface area contributed by atoms with E-state index >= 15 is 0 Å². The van der Waals surface area contributed by atoms with E-state index in [2.05, 4.69) is 10.1 Å². The van der Waals surface area contributed by atoms with E-state index in [0.717, 1.165) is 11.1 Å². The van der Waals surface area contributed by atoms with E-state index in [4.69, 9.17) is 9.84 Å². The first-order chi connectivity index (χ1) is 8.60. The van der Waals surface area contributed by atoms with E-state index in [1.165, 1.54) is 7.11 Å². The summed E-state index contributed by atoms with van der Waals surface area (Å²) in [5.41, 5.74) is 1.71. The molecule has 6 heteroatoms. The highest BCUT2D eigenvalue weighted by atomic mass is 16.5. The first-order valence-electron chi connectivity index (χ1n) is 5.43. The fourth-order valence-electron chi connectivity index (χ4n) is 1.80. The van der Waals surface area contributed by atoms with Crippen LogP contribution in [0.5, 0.6) is 5.75 Å². The Labute approximate surface area is 104 Å². The number of carbonyl (C=O) groups excluding carboxylic acids is 1. The van der Waals surface area contributed by atoms with E-state index in [9.17, 15) is 9.59 Å². The van der Waals surface area contributed by atoms with Gasteiger partial charge in [0.25, 0.3) is 0 Å². The van der Waals surface area contributed by atoms with Crippen LogP contribution in [-0.2, 0) is 22.5 Å². The molecule has 96 valence electrons. The molecule has 1 heterocycles. The molecule has 1 aliphatic heterocycles. The van der Waals surface area contributed by atoms with Crippen molar-refractivity contribution >= 4 is 12.1 Å². The van der Waals surface area contributed by atoms with Crippen LogP contribution in [0.25, 0.3) is 0 Å². The summed E-state index contributed by atoms with van der Waals surface area (Å²) < 4.78 is 9.72. The van der Waals surface area contributed by atoms with E-state index < -0.39 is 18.2 Å². The number of carboxylic acid groups (broad SMARTS) is 1. The van der Waals surface area contributed by atoms with Gasteiger partial charge in [0.2, 0.25) is 0 Å². The maximum absolute atomic E-state index is 10.9. The van der Waals surface area contributed by atoms with Gasteiger partial charge in [0.05, 0.1) is 7.11 Å². The molecule has 1 aromatic rings. The molecule has 0 radical (unpaired) electrons. The van der Waals surface area contributed by atoms with Crippen molar-refractivity contribution < 1.29 is 24.2 Å². The van der Waals surface area contributed by atoms with E-state index in [-0.39, 0.29) is 0 Å². The molecule has 0 saturated heterocycles. The summed E-state index contributed by atoms with van der Waals surface area (Å²) in [7, 11) is 1.29. The van der Waals surface area contributed by atoms with Crippen LogP contribution < -0.4 is 10.1 Å². The number of fused-ring (bicyclic) bond motifs is 1. The fourth-order valence-corrected chi connectivity index (χ4v) is 1.80. The van der Waals surface area contributed by atoms with Gasteiger partial charge in [0.1, 0.15) is 5.75 Å². The topological polar surface area (TPSA) is 84.9 Å². The molecular formula is C12H13NO5. The van der Waals surface area contributed by atoms with Gasteiger partial charge < -0.3 is 19.9 Å². The number of alkyl carbamates (subject to hydrolysis) is 1. The number of amides is 1. The standard InChI is InChI=1S/C12H13NO5/c1-17-12(16)13-6-7-2-3-9-8(4-7)5-10(18-9)11(14)15/h2-4,10H,5-6H2,1H3,(H,13,16)(H,14,15). The lowest BCUT2D eigenvalue weighted by Gasteiger charge is -2.05. The summed E-state index contributed by atoms with van der Waals surface area (Å²) in [4.78, 5) is 21.7. The quantitative estimate of drug-likeness (QED) is 0.834. The molecule has 0 saturated carbocycles. The zero-order valence-electron chi connectivity index (χ0n) is 9.80. The van der Waals surface area contributed by atoms with Crippen molar-refractivity contribution in [3.63, 3.8) is 0 Å². The lowest BCUT2D eigenvalue weighted by molar-refractivity contribution is -0.144. The van der Waals surface area contributed by atoms with Crippen LogP contribution >= 0.6 is 0 Å². The van der Waals surface area contributed by atoms with Crippen LogP contribution in [0.3, 0.4) is 0 Å². The molecule has 1 unspecified atom stereocenters. The van der Waals surface area contributed by atoms with Crippen LogP contribution in [0.2, 0.25) is 0 Å². The Balaban J connectivity index is 2.04. The highest BCUT2D eigenvalue weighted by molar-refractivity contribution is 5.74. The van der Waals surface area contributed by atoms with Crippen molar-refractivity contribution in [3.05, 3.63) is 29.3 Å². The highest BCUT2D eigenvalue weighted by Gasteiger charge is 2.28. The normalized spacial score (nSPS) is 16.6. The summed E-state index contributed by atoms with van der Waals surface area (Å²) in [6.07, 6.45) is -0.976. The van der Waals surface area contributed by atoms with Crippen molar-refractivity contribution in [2.45, 2.75) is 19.1 Å². The molecule has 2 N–H and O–H groups in total. The number of hydrogen-bond donors (Lipinski definition) is 2. The van der Waals surface area contributed by atoms with Gasteiger partial charge in [-0.3, -0.25) is 0 Å². The second kappa shape index (κ2) is 4.95. The van der Waals surface area contributed by atoms with Gasteiger partial charge in [-0.25, -0.2) is 9.59 Å². The Morgan fingerprint density at radius 2 is 2.33 bits per heavy atom. The van der Waals surface area contributed by atoms with Gasteiger partial charge in [0.15, 0.2) is 6.10 Å². The number of aliphatic carboxylic acids is 1. The molecule has 6 nitrogen and oxygen atoms in total. The molecule has 1 aromatic carbocycles. The van der Waals surface area contributed by atoms with Crippen LogP contribution in [-0.4, -0.2) is 30.4 Å². The average molecular weight is 251 g/mol. The Morgan fingerprint density at radius 3 is 3.00 bits per heavy atom. The maximum atomic E-state index is 10.9. The largest absolute Gasteiger partial charge is 0.478 e. The van der Waals surface area contributed by atoms with Crippen molar-refractivity contribution in [2.24, 2.45) is 0 Å². The number of carbonyl (C=O) groups is 2. The molecule has 1 aliphatic rings. The van der Waals surface area contributed by atoms with Gasteiger partial charge in [-0.05, 0) is 17.2 Å². The fraction of sp³-hybridized carbons (Fsp3) is 0.333. The molecule has 1 amide bonds. The van der Waals surface area contributed by atoms with Crippen molar-refractivity contribution in [1.82, 2.24) is 5.32 Å². The summed E-state index contributed by atoms with van der Waals surface area (Å²) >= 11 is 0. The molecule has 18 heavy (non-hydrogen) atoms. The molecular weight excluding hydrogens is 238 g/mol. The van der Waals surface area contributed by atoms with Gasteiger partial charge in [-0.1, -0.05) is 12.1 Å². The molecule has 1 atom stereocenters. The lowest BCUT2D eigenvalue weighted by Crippen LogP contribution is -2.24. The SMILES string of the molecule is COC(=O)NCc1ccc2c(c1)CC(C(=O)O)O2. The monoisotopic (exact) mass is 251 g/mol. The summed E-state index contributed by atoms with van der Waals surface area (Å²) in [6.45, 7) is 0.331. The number of benzene rings is 1. The molecule has 0 aromatic heterocycles. The Kier molecular flexibility index (Phi) is 3.36. The first kappa shape index (κ1) is 12.2. The summed E-state index contributed by atoms with van der Waals surface area (Å²) in [6, 6.07) is 5.32. The second-order valence-corrected chi connectivity index (χ2v) is 3.94. The summed E-state index contributed by atoms with van der Waals surface area (Å²) in [5, 5.41) is 11.4. The van der Waals surface area contributed by atoms with E-state index in [0.29, 0.717) is 18.7 Å². The second-order valence-electron chi connectivity index (χ2n) is 3.94. The minimum absolute atomic E-state index is 0.331. The number of hydrogen-bond acceptors (Lipinski definition) is 4. The number of ether oxygens (including phenoxy) is 2. The van der Waals surface area contributed by atoms with Gasteiger partial charge in [-0.2, -0.15) is 0 Å². The first-order valence-corrected chi connectivity index (χ1v) is 5.43. The van der Waals surface area contributed by atoms with Gasteiger partial charge in [-0.15, -0.1) is 0 Å². The van der Waals surface area contributed by atoms with Gasteiger partial charge in [0, 0.05) is 13.0 Å². The van der Waals surface area contributed by atoms with Crippen molar-refractivity contribution in [1.29, 1.82) is 0 Å². The van der Waals surface area contributed by atoms with Crippen molar-refractivity contribution in [2.75, 3.05) is 7.11 Å². The number of nitrogens with one attached hydrogen (secondary N) is 1. The smallest absolute Gasteiger partial charge is 0.407 e. The Hall–Kier alpha value is -2.24. The van der Waals surface area contributed by atoms with Crippen molar-refractivity contribution in [3.8, 4) is 5.75 Å². The molecule has 0 aliphatic carbocycles. The van der Waals surface area contributed by atoms with Crippen LogP contribution in [0.15, 0.2) is 18.2 Å². The third kappa shape index (κ3) is 2.53. The zero-order valence-corrected chi connectivity index (χ0v) is 9.80. The molecule has 0 fully saturated rings. The van der Waals surface area contributed by atoms with Crippen LogP contribution in [0, 0.1) is 0 Å². The minimum Gasteiger partial charge on any atom is -0.478 e. The van der Waals surface area contributed by atoms with E-state index in [1.54, 1.807) is 12.1 Å². The third-order valence-electron chi connectivity index (χ3n) is 2.70. The molecule has 2 rings (SSSR count). The lowest BCUT2D eigenvalue weighted by atomic mass is 10.1. The van der Waals surface area contributed by atoms with Crippen LogP contribution in [0.4, 0.5) is 4.79 Å². The highest BCUT2D eigenvalue weighted by Crippen LogP contribution is 2.29.